The van der Waals surface area contributed by atoms with E-state index in [1.54, 1.807) is 4.57 Å². The first kappa shape index (κ1) is 13.2. The predicted octanol–water partition coefficient (Wildman–Crippen LogP) is 3.30. The van der Waals surface area contributed by atoms with Crippen LogP contribution in [0, 0.1) is 15.9 Å². The highest BCUT2D eigenvalue weighted by molar-refractivity contribution is 6.30. The number of allylic oxidation sites excluding steroid dienone is 1. The van der Waals surface area contributed by atoms with Gasteiger partial charge < -0.3 is 0 Å². The smallest absolute Gasteiger partial charge is 0.245 e. The van der Waals surface area contributed by atoms with Gasteiger partial charge in [-0.05, 0) is 24.3 Å². The van der Waals surface area contributed by atoms with Crippen LogP contribution in [0.5, 0.6) is 0 Å². The van der Waals surface area contributed by atoms with E-state index in [-0.39, 0.29) is 16.7 Å². The summed E-state index contributed by atoms with van der Waals surface area (Å²) >= 11 is 5.90. The molecule has 2 aromatic rings. The van der Waals surface area contributed by atoms with Gasteiger partial charge in [-0.15, -0.1) is 0 Å². The van der Waals surface area contributed by atoms with Crippen LogP contribution in [-0.2, 0) is 0 Å². The second-order valence-electron chi connectivity index (χ2n) is 3.81. The van der Waals surface area contributed by atoms with Gasteiger partial charge in [0, 0.05) is 18.7 Å². The van der Waals surface area contributed by atoms with E-state index >= 15 is 0 Å². The van der Waals surface area contributed by atoms with E-state index in [4.69, 9.17) is 11.6 Å². The lowest BCUT2D eigenvalue weighted by Gasteiger charge is -2.05. The zero-order valence-corrected chi connectivity index (χ0v) is 10.6. The standard InChI is InChI=1S/C12H9ClFN3O2/c1-8(17(18)19)6-11-12(13)15-7-16(11)10-4-2-9(14)3-5-10/h2-7H,1H3. The molecule has 0 saturated carbocycles. The number of hydrogen-bond donors (Lipinski definition) is 0. The summed E-state index contributed by atoms with van der Waals surface area (Å²) in [6.45, 7) is 1.36. The van der Waals surface area contributed by atoms with Crippen LogP contribution in [-0.4, -0.2) is 14.5 Å². The third-order valence-corrected chi connectivity index (χ3v) is 2.79. The number of imidazole rings is 1. The van der Waals surface area contributed by atoms with Gasteiger partial charge in [-0.2, -0.15) is 0 Å². The van der Waals surface area contributed by atoms with Crippen LogP contribution in [0.3, 0.4) is 0 Å². The molecule has 0 N–H and O–H groups in total. The number of halogens is 2. The van der Waals surface area contributed by atoms with Crippen molar-refractivity contribution in [1.29, 1.82) is 0 Å². The Labute approximate surface area is 113 Å². The quantitative estimate of drug-likeness (QED) is 0.640. The highest BCUT2D eigenvalue weighted by Gasteiger charge is 2.12. The molecule has 98 valence electrons. The Kier molecular flexibility index (Phi) is 3.62. The van der Waals surface area contributed by atoms with Crippen molar-refractivity contribution >= 4 is 17.7 Å². The molecule has 1 heterocycles. The number of benzene rings is 1. The molecule has 0 bridgehead atoms. The van der Waals surface area contributed by atoms with Crippen LogP contribution in [0.4, 0.5) is 4.39 Å². The number of hydrogen-bond acceptors (Lipinski definition) is 3. The van der Waals surface area contributed by atoms with E-state index in [0.717, 1.165) is 0 Å². The molecule has 19 heavy (non-hydrogen) atoms. The van der Waals surface area contributed by atoms with Crippen molar-refractivity contribution in [2.24, 2.45) is 0 Å². The van der Waals surface area contributed by atoms with Gasteiger partial charge in [-0.3, -0.25) is 14.7 Å². The third-order valence-electron chi connectivity index (χ3n) is 2.50. The molecule has 0 fully saturated rings. The van der Waals surface area contributed by atoms with Crippen LogP contribution in [0.25, 0.3) is 11.8 Å². The van der Waals surface area contributed by atoms with Crippen molar-refractivity contribution in [3.63, 3.8) is 0 Å². The van der Waals surface area contributed by atoms with Crippen molar-refractivity contribution in [3.05, 3.63) is 63.1 Å². The SMILES string of the molecule is CC(=Cc1c(Cl)ncn1-c1ccc(F)cc1)[N+](=O)[O-]. The van der Waals surface area contributed by atoms with Gasteiger partial charge in [-0.25, -0.2) is 9.37 Å². The molecule has 7 heteroatoms. The molecule has 0 aliphatic rings. The van der Waals surface area contributed by atoms with E-state index < -0.39 is 4.92 Å². The van der Waals surface area contributed by atoms with E-state index in [1.165, 1.54) is 43.6 Å². The second-order valence-corrected chi connectivity index (χ2v) is 4.17. The van der Waals surface area contributed by atoms with Crippen molar-refractivity contribution in [1.82, 2.24) is 9.55 Å². The number of nitrogens with zero attached hydrogens (tertiary/aromatic N) is 3. The second kappa shape index (κ2) is 5.19. The summed E-state index contributed by atoms with van der Waals surface area (Å²) < 4.78 is 14.4. The molecule has 0 radical (unpaired) electrons. The molecule has 5 nitrogen and oxygen atoms in total. The van der Waals surface area contributed by atoms with E-state index in [1.807, 2.05) is 0 Å². The zero-order valence-electron chi connectivity index (χ0n) is 9.88. The van der Waals surface area contributed by atoms with E-state index in [0.29, 0.717) is 11.4 Å². The van der Waals surface area contributed by atoms with Crippen molar-refractivity contribution < 1.29 is 9.31 Å². The van der Waals surface area contributed by atoms with Gasteiger partial charge >= 0.3 is 0 Å². The molecule has 1 aromatic carbocycles. The first-order valence-electron chi connectivity index (χ1n) is 5.30. The number of aromatic nitrogens is 2. The summed E-state index contributed by atoms with van der Waals surface area (Å²) in [7, 11) is 0. The summed E-state index contributed by atoms with van der Waals surface area (Å²) in [5, 5.41) is 10.8. The van der Waals surface area contributed by atoms with Crippen LogP contribution >= 0.6 is 11.6 Å². The Balaban J connectivity index is 2.51. The Bertz CT molecular complexity index is 649. The fraction of sp³-hybridized carbons (Fsp3) is 0.0833. The largest absolute Gasteiger partial charge is 0.298 e. The molecule has 0 amide bonds. The lowest BCUT2D eigenvalue weighted by molar-refractivity contribution is -0.422. The fourth-order valence-electron chi connectivity index (χ4n) is 1.52. The molecule has 0 atom stereocenters. The number of rotatable bonds is 3. The van der Waals surface area contributed by atoms with Gasteiger partial charge in [0.25, 0.3) is 0 Å². The molecule has 0 saturated heterocycles. The third kappa shape index (κ3) is 2.79. The van der Waals surface area contributed by atoms with E-state index in [9.17, 15) is 14.5 Å². The average Bonchev–Trinajstić information content (AvgIpc) is 2.72. The molecule has 0 unspecified atom stereocenters. The Morgan fingerprint density at radius 2 is 2.11 bits per heavy atom. The normalized spacial score (nSPS) is 11.6. The Hall–Kier alpha value is -2.21. The maximum Gasteiger partial charge on any atom is 0.245 e. The molecular formula is C12H9ClFN3O2. The molecule has 2 rings (SSSR count). The summed E-state index contributed by atoms with van der Waals surface area (Å²) in [5.41, 5.74) is 0.927. The summed E-state index contributed by atoms with van der Waals surface area (Å²) in [6.07, 6.45) is 2.74. The Morgan fingerprint density at radius 3 is 2.68 bits per heavy atom. The molecule has 0 aliphatic heterocycles. The van der Waals surface area contributed by atoms with Gasteiger partial charge in [-0.1, -0.05) is 11.6 Å². The first-order chi connectivity index (χ1) is 8.99. The summed E-state index contributed by atoms with van der Waals surface area (Å²) in [6, 6.07) is 5.65. The maximum atomic E-state index is 12.9. The average molecular weight is 282 g/mol. The highest BCUT2D eigenvalue weighted by atomic mass is 35.5. The minimum absolute atomic E-state index is 0.0641. The predicted molar refractivity (Wildman–Crippen MR) is 69.2 cm³/mol. The van der Waals surface area contributed by atoms with E-state index in [2.05, 4.69) is 4.98 Å². The van der Waals surface area contributed by atoms with Crippen LogP contribution in [0.1, 0.15) is 12.6 Å². The summed E-state index contributed by atoms with van der Waals surface area (Å²) in [4.78, 5) is 14.0. The van der Waals surface area contributed by atoms with Crippen LogP contribution in [0.2, 0.25) is 5.15 Å². The zero-order chi connectivity index (χ0) is 14.0. The van der Waals surface area contributed by atoms with Gasteiger partial charge in [0.15, 0.2) is 5.15 Å². The monoisotopic (exact) mass is 281 g/mol. The topological polar surface area (TPSA) is 61.0 Å². The van der Waals surface area contributed by atoms with Crippen LogP contribution in [0.15, 0.2) is 36.3 Å². The Morgan fingerprint density at radius 1 is 1.47 bits per heavy atom. The minimum atomic E-state index is -0.516. The summed E-state index contributed by atoms with van der Waals surface area (Å²) in [5.74, 6) is -0.367. The lowest BCUT2D eigenvalue weighted by atomic mass is 10.3. The van der Waals surface area contributed by atoms with Gasteiger partial charge in [0.2, 0.25) is 5.70 Å². The van der Waals surface area contributed by atoms with Gasteiger partial charge in [0.1, 0.15) is 12.1 Å². The molecule has 0 aliphatic carbocycles. The molecule has 0 spiro atoms. The lowest BCUT2D eigenvalue weighted by Crippen LogP contribution is -1.98. The van der Waals surface area contributed by atoms with Crippen molar-refractivity contribution in [2.45, 2.75) is 6.92 Å². The number of nitro groups is 1. The first-order valence-corrected chi connectivity index (χ1v) is 5.68. The van der Waals surface area contributed by atoms with Crippen molar-refractivity contribution in [2.75, 3.05) is 0 Å². The highest BCUT2D eigenvalue weighted by Crippen LogP contribution is 2.21. The van der Waals surface area contributed by atoms with Gasteiger partial charge in [0.05, 0.1) is 10.6 Å². The molecule has 1 aromatic heterocycles. The molecular weight excluding hydrogens is 273 g/mol. The fourth-order valence-corrected chi connectivity index (χ4v) is 1.71. The minimum Gasteiger partial charge on any atom is -0.298 e. The maximum absolute atomic E-state index is 12.9. The van der Waals surface area contributed by atoms with Crippen molar-refractivity contribution in [3.8, 4) is 5.69 Å². The van der Waals surface area contributed by atoms with Crippen LogP contribution < -0.4 is 0 Å².